The van der Waals surface area contributed by atoms with Crippen molar-refractivity contribution in [1.29, 1.82) is 0 Å². The molecule has 0 amide bonds. The molecule has 15 rings (SSSR count). The zero-order valence-corrected chi connectivity index (χ0v) is 52.7. The summed E-state index contributed by atoms with van der Waals surface area (Å²) in [6.45, 7) is 30.9. The summed E-state index contributed by atoms with van der Waals surface area (Å²) >= 11 is 1.91. The molecule has 0 saturated heterocycles. The third-order valence-electron chi connectivity index (χ3n) is 20.3. The molecular weight excluding hydrogens is 1040 g/mol. The molecule has 0 unspecified atom stereocenters. The lowest BCUT2D eigenvalue weighted by Crippen LogP contribution is -2.61. The molecule has 85 heavy (non-hydrogen) atoms. The first-order chi connectivity index (χ1) is 40.5. The van der Waals surface area contributed by atoms with Gasteiger partial charge in [-0.15, -0.1) is 0 Å². The Kier molecular flexibility index (Phi) is 11.8. The number of nitrogens with zero attached hydrogens (tertiary/aromatic N) is 2. The van der Waals surface area contributed by atoms with Crippen LogP contribution in [0.5, 0.6) is 0 Å². The zero-order valence-electron chi connectivity index (χ0n) is 51.9. The van der Waals surface area contributed by atoms with Crippen LogP contribution in [0.15, 0.2) is 216 Å². The number of anilines is 6. The minimum atomic E-state index is -0.550. The Bertz CT molecular complexity index is 4360. The third kappa shape index (κ3) is 8.13. The van der Waals surface area contributed by atoms with Gasteiger partial charge in [-0.2, -0.15) is 0 Å². The summed E-state index contributed by atoms with van der Waals surface area (Å²) in [4.78, 5) is 8.00. The van der Waals surface area contributed by atoms with Gasteiger partial charge >= 0.3 is 0 Å². The smallest absolute Gasteiger partial charge is 0.252 e. The number of hydrogen-bond acceptors (Lipinski definition) is 3. The second kappa shape index (κ2) is 18.6. The van der Waals surface area contributed by atoms with Gasteiger partial charge in [0.05, 0.1) is 11.1 Å². The fraction of sp³-hybridized carbons (Fsp3) is 0.259. The molecule has 420 valence electrons. The number of rotatable bonds is 4. The van der Waals surface area contributed by atoms with E-state index in [0.29, 0.717) is 0 Å². The second-order valence-electron chi connectivity index (χ2n) is 29.6. The van der Waals surface area contributed by atoms with E-state index in [4.69, 9.17) is 0 Å². The minimum absolute atomic E-state index is 0.0238. The summed E-state index contributed by atoms with van der Waals surface area (Å²) in [5.74, 6) is 0. The van der Waals surface area contributed by atoms with Crippen molar-refractivity contribution in [1.82, 2.24) is 0 Å². The Morgan fingerprint density at radius 3 is 1.54 bits per heavy atom. The molecule has 3 heterocycles. The van der Waals surface area contributed by atoms with Gasteiger partial charge in [0, 0.05) is 43.8 Å². The van der Waals surface area contributed by atoms with Crippen LogP contribution >= 0.6 is 11.8 Å². The molecule has 0 radical (unpaired) electrons. The zero-order chi connectivity index (χ0) is 58.9. The third-order valence-corrected chi connectivity index (χ3v) is 21.4. The molecule has 0 N–H and O–H groups in total. The Morgan fingerprint density at radius 2 is 0.894 bits per heavy atom. The van der Waals surface area contributed by atoms with Gasteiger partial charge < -0.3 is 9.80 Å². The maximum Gasteiger partial charge on any atom is 0.252 e. The summed E-state index contributed by atoms with van der Waals surface area (Å²) in [7, 11) is 0. The Labute approximate surface area is 510 Å². The highest BCUT2D eigenvalue weighted by Gasteiger charge is 2.53. The van der Waals surface area contributed by atoms with Crippen molar-refractivity contribution in [2.24, 2.45) is 0 Å². The molecule has 0 atom stereocenters. The molecule has 1 spiro atoms. The van der Waals surface area contributed by atoms with Gasteiger partial charge in [-0.05, 0) is 195 Å². The number of fused-ring (bicyclic) bond motifs is 14. The quantitative estimate of drug-likeness (QED) is 0.162. The van der Waals surface area contributed by atoms with Crippen molar-refractivity contribution in [3.8, 4) is 33.4 Å². The van der Waals surface area contributed by atoms with Crippen LogP contribution in [0.3, 0.4) is 0 Å². The summed E-state index contributed by atoms with van der Waals surface area (Å²) in [6, 6.07) is 81.4. The lowest BCUT2D eigenvalue weighted by molar-refractivity contribution is 0.332. The maximum atomic E-state index is 2.69. The van der Waals surface area contributed by atoms with Gasteiger partial charge in [0.15, 0.2) is 0 Å². The maximum absolute atomic E-state index is 2.69. The molecular formula is C81H77BN2S. The molecule has 0 saturated carbocycles. The van der Waals surface area contributed by atoms with Gasteiger partial charge in [-0.1, -0.05) is 247 Å². The summed E-state index contributed by atoms with van der Waals surface area (Å²) in [5, 5.41) is 0. The van der Waals surface area contributed by atoms with Crippen molar-refractivity contribution in [2.45, 2.75) is 145 Å². The molecule has 0 aromatic heterocycles. The minimum Gasteiger partial charge on any atom is -0.311 e. The van der Waals surface area contributed by atoms with Crippen LogP contribution in [0.25, 0.3) is 33.4 Å². The van der Waals surface area contributed by atoms with Crippen molar-refractivity contribution < 1.29 is 0 Å². The number of hydrogen-bond donors (Lipinski definition) is 0. The monoisotopic (exact) mass is 1120 g/mol. The standard InChI is InChI=1S/C81H77BN2S/c1-76(2,3)53-32-36-56(37-33-53)83-70-49-64-59(57-25-17-18-26-60(57)81(64)62-27-19-21-29-73(62)85-74-30-22-20-28-63(74)81)48-67(70)82-66-47-55(78(7,8)9)35-40-69(66)84(68-39-34-54(77(4,5)6)46-58(68)50-23-15-14-16-24-50)72-45-52(44-71(83)75(72)82)51-31-38-61-65(43-51)80(12,13)42-41-79(61,10)11/h14-40,43-49H,41-42H2,1-13H3. The first kappa shape index (κ1) is 53.9. The molecule has 10 aromatic carbocycles. The molecule has 2 nitrogen and oxygen atoms in total. The van der Waals surface area contributed by atoms with Gasteiger partial charge in [-0.25, -0.2) is 0 Å². The van der Waals surface area contributed by atoms with Crippen LogP contribution in [0, 0.1) is 0 Å². The van der Waals surface area contributed by atoms with Crippen LogP contribution < -0.4 is 26.2 Å². The topological polar surface area (TPSA) is 6.48 Å². The predicted molar refractivity (Wildman–Crippen MR) is 364 cm³/mol. The van der Waals surface area contributed by atoms with Gasteiger partial charge in [-0.3, -0.25) is 0 Å². The van der Waals surface area contributed by atoms with E-state index in [-0.39, 0.29) is 33.8 Å². The van der Waals surface area contributed by atoms with E-state index in [0.717, 1.165) is 12.1 Å². The molecule has 0 fully saturated rings. The van der Waals surface area contributed by atoms with Crippen molar-refractivity contribution in [3.63, 3.8) is 0 Å². The average Bonchev–Trinajstić information content (AvgIpc) is 1.69. The largest absolute Gasteiger partial charge is 0.311 e. The summed E-state index contributed by atoms with van der Waals surface area (Å²) in [5.41, 5.74) is 30.5. The van der Waals surface area contributed by atoms with Crippen LogP contribution in [-0.2, 0) is 32.5 Å². The van der Waals surface area contributed by atoms with Crippen molar-refractivity contribution >= 4 is 69.0 Å². The highest BCUT2D eigenvalue weighted by Crippen LogP contribution is 2.63. The van der Waals surface area contributed by atoms with Crippen LogP contribution in [0.4, 0.5) is 34.1 Å². The normalized spacial score (nSPS) is 16.4. The molecule has 2 aliphatic carbocycles. The van der Waals surface area contributed by atoms with E-state index in [1.807, 2.05) is 11.8 Å². The van der Waals surface area contributed by atoms with Crippen LogP contribution in [0.1, 0.15) is 153 Å². The van der Waals surface area contributed by atoms with E-state index in [2.05, 4.69) is 306 Å². The molecule has 4 heteroatoms. The Morgan fingerprint density at radius 1 is 0.353 bits per heavy atom. The van der Waals surface area contributed by atoms with Crippen LogP contribution in [-0.4, -0.2) is 6.71 Å². The lowest BCUT2D eigenvalue weighted by Gasteiger charge is -2.46. The van der Waals surface area contributed by atoms with E-state index in [9.17, 15) is 0 Å². The Balaban J connectivity index is 1.10. The van der Waals surface area contributed by atoms with Crippen molar-refractivity contribution in [2.75, 3.05) is 9.80 Å². The van der Waals surface area contributed by atoms with E-state index in [1.54, 1.807) is 0 Å². The highest BCUT2D eigenvalue weighted by atomic mass is 32.2. The number of benzene rings is 10. The molecule has 3 aliphatic heterocycles. The van der Waals surface area contributed by atoms with Crippen LogP contribution in [0.2, 0.25) is 0 Å². The Hall–Kier alpha value is -7.79. The van der Waals surface area contributed by atoms with Crippen molar-refractivity contribution in [3.05, 3.63) is 256 Å². The van der Waals surface area contributed by atoms with Gasteiger partial charge in [0.2, 0.25) is 0 Å². The van der Waals surface area contributed by atoms with Gasteiger partial charge in [0.25, 0.3) is 6.71 Å². The second-order valence-corrected chi connectivity index (χ2v) is 30.7. The van der Waals surface area contributed by atoms with E-state index in [1.165, 1.54) is 144 Å². The first-order valence-electron chi connectivity index (χ1n) is 31.1. The lowest BCUT2D eigenvalue weighted by atomic mass is 9.33. The fourth-order valence-electron chi connectivity index (χ4n) is 15.4. The van der Waals surface area contributed by atoms with E-state index >= 15 is 0 Å². The highest BCUT2D eigenvalue weighted by molar-refractivity contribution is 7.99. The predicted octanol–water partition coefficient (Wildman–Crippen LogP) is 20.2. The average molecular weight is 1120 g/mol. The summed E-state index contributed by atoms with van der Waals surface area (Å²) < 4.78 is 0. The molecule has 0 bridgehead atoms. The molecule has 5 aliphatic rings. The molecule has 10 aromatic rings. The SMILES string of the molecule is CC(C)(C)c1ccc(N2c3cc4c(cc3B3c5cc(C(C)(C)C)ccc5N(c5ccc(C(C)(C)C)cc5-c5ccccc5)c5cc(-c6ccc7c(c6)C(C)(C)CCC7(C)C)cc2c53)-c2ccccc2C42c3ccccc3Sc3ccccc32)cc1. The summed E-state index contributed by atoms with van der Waals surface area (Å²) in [6.07, 6.45) is 2.33. The first-order valence-corrected chi connectivity index (χ1v) is 31.9. The fourth-order valence-corrected chi connectivity index (χ4v) is 16.6. The van der Waals surface area contributed by atoms with E-state index < -0.39 is 5.41 Å². The van der Waals surface area contributed by atoms with Gasteiger partial charge in [0.1, 0.15) is 0 Å².